The summed E-state index contributed by atoms with van der Waals surface area (Å²) in [7, 11) is 0. The molecule has 1 aliphatic carbocycles. The average Bonchev–Trinajstić information content (AvgIpc) is 2.87. The monoisotopic (exact) mass is 199 g/mol. The van der Waals surface area contributed by atoms with Crippen LogP contribution in [0.1, 0.15) is 26.7 Å². The fraction of sp³-hybridized carbons (Fsp3) is 0.778. The lowest BCUT2D eigenvalue weighted by Gasteiger charge is -2.15. The zero-order chi connectivity index (χ0) is 10.7. The molecule has 5 heteroatoms. The van der Waals surface area contributed by atoms with Crippen LogP contribution in [0.5, 0.6) is 0 Å². The summed E-state index contributed by atoms with van der Waals surface area (Å²) in [5, 5.41) is 5.34. The van der Waals surface area contributed by atoms with Crippen molar-refractivity contribution in [2.45, 2.75) is 44.8 Å². The number of rotatable bonds is 4. The normalized spacial score (nSPS) is 19.6. The average molecular weight is 199 g/mol. The lowest BCUT2D eigenvalue weighted by atomic mass is 10.2. The molecule has 0 spiro atoms. The molecular formula is C9H17N3O2. The van der Waals surface area contributed by atoms with E-state index >= 15 is 0 Å². The first-order valence-electron chi connectivity index (χ1n) is 4.87. The van der Waals surface area contributed by atoms with Crippen molar-refractivity contribution in [3.8, 4) is 0 Å². The number of carbonyl (C=O) groups excluding carboxylic acids is 2. The molecular weight excluding hydrogens is 182 g/mol. The second-order valence-electron chi connectivity index (χ2n) is 3.80. The minimum atomic E-state index is -0.578. The summed E-state index contributed by atoms with van der Waals surface area (Å²) in [6.45, 7) is 3.23. The van der Waals surface area contributed by atoms with Crippen LogP contribution < -0.4 is 16.4 Å². The lowest BCUT2D eigenvalue weighted by molar-refractivity contribution is -0.129. The summed E-state index contributed by atoms with van der Waals surface area (Å²) < 4.78 is 0. The van der Waals surface area contributed by atoms with E-state index in [1.165, 1.54) is 0 Å². The first kappa shape index (κ1) is 11.0. The topological polar surface area (TPSA) is 84.2 Å². The van der Waals surface area contributed by atoms with Gasteiger partial charge in [0.2, 0.25) is 11.8 Å². The van der Waals surface area contributed by atoms with Gasteiger partial charge in [-0.15, -0.1) is 0 Å². The summed E-state index contributed by atoms with van der Waals surface area (Å²) in [4.78, 5) is 22.5. The summed E-state index contributed by atoms with van der Waals surface area (Å²) in [5.41, 5.74) is 5.35. The summed E-state index contributed by atoms with van der Waals surface area (Å²) in [6.07, 6.45) is 2.08. The minimum absolute atomic E-state index is 0.137. The Labute approximate surface area is 83.4 Å². The Bertz CT molecular complexity index is 236. The van der Waals surface area contributed by atoms with Crippen LogP contribution in [0.2, 0.25) is 0 Å². The molecule has 1 aliphatic rings. The number of nitrogens with two attached hydrogens (primary N) is 1. The Hall–Kier alpha value is -1.10. The molecule has 0 aromatic carbocycles. The van der Waals surface area contributed by atoms with Crippen molar-refractivity contribution in [2.75, 3.05) is 0 Å². The molecule has 1 saturated carbocycles. The molecule has 5 nitrogen and oxygen atoms in total. The minimum Gasteiger partial charge on any atom is -0.352 e. The molecule has 2 amide bonds. The highest BCUT2D eigenvalue weighted by molar-refractivity contribution is 5.89. The molecule has 0 saturated heterocycles. The Morgan fingerprint density at radius 1 is 1.29 bits per heavy atom. The Balaban J connectivity index is 2.28. The van der Waals surface area contributed by atoms with Crippen LogP contribution in [0.4, 0.5) is 0 Å². The van der Waals surface area contributed by atoms with E-state index < -0.39 is 12.1 Å². The molecule has 2 unspecified atom stereocenters. The summed E-state index contributed by atoms with van der Waals surface area (Å²) in [6, 6.07) is -0.766. The fourth-order valence-corrected chi connectivity index (χ4v) is 0.964. The van der Waals surface area contributed by atoms with Gasteiger partial charge in [-0.2, -0.15) is 0 Å². The van der Waals surface area contributed by atoms with Gasteiger partial charge in [-0.25, -0.2) is 0 Å². The number of amides is 2. The largest absolute Gasteiger partial charge is 0.352 e. The fourth-order valence-electron chi connectivity index (χ4n) is 0.964. The molecule has 0 heterocycles. The quantitative estimate of drug-likeness (QED) is 0.549. The van der Waals surface area contributed by atoms with E-state index in [1.54, 1.807) is 13.8 Å². The second kappa shape index (κ2) is 4.41. The third-order valence-corrected chi connectivity index (χ3v) is 2.09. The van der Waals surface area contributed by atoms with Crippen LogP contribution in [0, 0.1) is 0 Å². The van der Waals surface area contributed by atoms with Gasteiger partial charge in [0.1, 0.15) is 6.04 Å². The smallest absolute Gasteiger partial charge is 0.242 e. The zero-order valence-corrected chi connectivity index (χ0v) is 8.54. The van der Waals surface area contributed by atoms with Crippen LogP contribution in [-0.4, -0.2) is 29.9 Å². The second-order valence-corrected chi connectivity index (χ2v) is 3.80. The maximum Gasteiger partial charge on any atom is 0.242 e. The highest BCUT2D eigenvalue weighted by atomic mass is 16.2. The molecule has 0 aromatic heterocycles. The standard InChI is InChI=1S/C9H17N3O2/c1-5(10)8(13)11-6(2)9(14)12-7-3-4-7/h5-7H,3-4,10H2,1-2H3,(H,11,13)(H,12,14). The van der Waals surface area contributed by atoms with Crippen molar-refractivity contribution in [3.05, 3.63) is 0 Å². The molecule has 0 bridgehead atoms. The van der Waals surface area contributed by atoms with E-state index in [0.717, 1.165) is 12.8 Å². The van der Waals surface area contributed by atoms with Crippen molar-refractivity contribution in [3.63, 3.8) is 0 Å². The van der Waals surface area contributed by atoms with Crippen LogP contribution in [0.3, 0.4) is 0 Å². The van der Waals surface area contributed by atoms with Crippen molar-refractivity contribution in [1.82, 2.24) is 10.6 Å². The van der Waals surface area contributed by atoms with E-state index in [0.29, 0.717) is 6.04 Å². The van der Waals surface area contributed by atoms with Crippen molar-refractivity contribution in [1.29, 1.82) is 0 Å². The molecule has 2 atom stereocenters. The van der Waals surface area contributed by atoms with Gasteiger partial charge in [-0.05, 0) is 26.7 Å². The van der Waals surface area contributed by atoms with Gasteiger partial charge in [0.05, 0.1) is 6.04 Å². The Kier molecular flexibility index (Phi) is 3.46. The van der Waals surface area contributed by atoms with Crippen molar-refractivity contribution >= 4 is 11.8 Å². The molecule has 0 aliphatic heterocycles. The third kappa shape index (κ3) is 3.33. The number of carbonyl (C=O) groups is 2. The van der Waals surface area contributed by atoms with E-state index in [4.69, 9.17) is 5.73 Å². The zero-order valence-electron chi connectivity index (χ0n) is 8.54. The number of hydrogen-bond donors (Lipinski definition) is 3. The van der Waals surface area contributed by atoms with Gasteiger partial charge in [0.15, 0.2) is 0 Å². The summed E-state index contributed by atoms with van der Waals surface area (Å²) >= 11 is 0. The molecule has 0 radical (unpaired) electrons. The van der Waals surface area contributed by atoms with Gasteiger partial charge in [0, 0.05) is 6.04 Å². The first-order chi connectivity index (χ1) is 6.50. The van der Waals surface area contributed by atoms with Crippen LogP contribution in [-0.2, 0) is 9.59 Å². The van der Waals surface area contributed by atoms with Crippen LogP contribution in [0.15, 0.2) is 0 Å². The Morgan fingerprint density at radius 2 is 1.86 bits per heavy atom. The lowest BCUT2D eigenvalue weighted by Crippen LogP contribution is -2.49. The number of hydrogen-bond acceptors (Lipinski definition) is 3. The van der Waals surface area contributed by atoms with E-state index in [9.17, 15) is 9.59 Å². The Morgan fingerprint density at radius 3 is 2.29 bits per heavy atom. The van der Waals surface area contributed by atoms with Gasteiger partial charge in [-0.3, -0.25) is 9.59 Å². The van der Waals surface area contributed by atoms with Crippen molar-refractivity contribution < 1.29 is 9.59 Å². The summed E-state index contributed by atoms with van der Waals surface area (Å²) in [5.74, 6) is -0.440. The van der Waals surface area contributed by atoms with Gasteiger partial charge >= 0.3 is 0 Å². The maximum atomic E-state index is 11.4. The SMILES string of the molecule is CC(N)C(=O)NC(C)C(=O)NC1CC1. The molecule has 4 N–H and O–H groups in total. The first-order valence-corrected chi connectivity index (χ1v) is 4.87. The molecule has 1 fully saturated rings. The van der Waals surface area contributed by atoms with E-state index in [1.807, 2.05) is 0 Å². The molecule has 1 rings (SSSR count). The van der Waals surface area contributed by atoms with Crippen LogP contribution >= 0.6 is 0 Å². The van der Waals surface area contributed by atoms with Crippen molar-refractivity contribution in [2.24, 2.45) is 5.73 Å². The predicted molar refractivity (Wildman–Crippen MR) is 52.4 cm³/mol. The van der Waals surface area contributed by atoms with Gasteiger partial charge in [0.25, 0.3) is 0 Å². The molecule has 14 heavy (non-hydrogen) atoms. The highest BCUT2D eigenvalue weighted by Gasteiger charge is 2.26. The maximum absolute atomic E-state index is 11.4. The predicted octanol–water partition coefficient (Wildman–Crippen LogP) is -0.883. The van der Waals surface area contributed by atoms with E-state index in [2.05, 4.69) is 10.6 Å². The van der Waals surface area contributed by atoms with E-state index in [-0.39, 0.29) is 11.8 Å². The van der Waals surface area contributed by atoms with Crippen LogP contribution in [0.25, 0.3) is 0 Å². The third-order valence-electron chi connectivity index (χ3n) is 2.09. The molecule has 80 valence electrons. The number of nitrogens with one attached hydrogen (secondary N) is 2. The van der Waals surface area contributed by atoms with Gasteiger partial charge in [-0.1, -0.05) is 0 Å². The van der Waals surface area contributed by atoms with Gasteiger partial charge < -0.3 is 16.4 Å². The highest BCUT2D eigenvalue weighted by Crippen LogP contribution is 2.18. The molecule has 0 aromatic rings.